The van der Waals surface area contributed by atoms with E-state index in [1.54, 1.807) is 24.3 Å². The van der Waals surface area contributed by atoms with E-state index in [-0.39, 0.29) is 35.5 Å². The summed E-state index contributed by atoms with van der Waals surface area (Å²) >= 11 is 3.36. The van der Waals surface area contributed by atoms with Crippen molar-refractivity contribution in [2.75, 3.05) is 5.32 Å². The van der Waals surface area contributed by atoms with Crippen LogP contribution in [0, 0.1) is 5.82 Å². The standard InChI is InChI=1S/C21H14BrFN4O3/c22-16-5-1-2-6-17(16)24-18(28)12-27-11-3-4-15(21(27)29)20-25-19(26-30-20)13-7-9-14(23)10-8-13/h1-11H,12H2,(H,24,28). The monoisotopic (exact) mass is 468 g/mol. The third-order valence-corrected chi connectivity index (χ3v) is 4.93. The summed E-state index contributed by atoms with van der Waals surface area (Å²) in [6.07, 6.45) is 1.50. The average Bonchev–Trinajstić information content (AvgIpc) is 3.22. The highest BCUT2D eigenvalue weighted by molar-refractivity contribution is 9.10. The van der Waals surface area contributed by atoms with Crippen LogP contribution in [0.4, 0.5) is 10.1 Å². The number of pyridine rings is 1. The Kier molecular flexibility index (Phi) is 5.53. The molecule has 7 nitrogen and oxygen atoms in total. The smallest absolute Gasteiger partial charge is 0.263 e. The van der Waals surface area contributed by atoms with Gasteiger partial charge in [0, 0.05) is 16.2 Å². The Morgan fingerprint density at radius 2 is 1.87 bits per heavy atom. The first-order valence-corrected chi connectivity index (χ1v) is 9.64. The third kappa shape index (κ3) is 4.20. The van der Waals surface area contributed by atoms with E-state index >= 15 is 0 Å². The van der Waals surface area contributed by atoms with Crippen molar-refractivity contribution < 1.29 is 13.7 Å². The van der Waals surface area contributed by atoms with E-state index in [0.29, 0.717) is 11.3 Å². The van der Waals surface area contributed by atoms with Crippen LogP contribution < -0.4 is 10.9 Å². The minimum atomic E-state index is -0.450. The first-order chi connectivity index (χ1) is 14.5. The zero-order valence-corrected chi connectivity index (χ0v) is 17.0. The van der Waals surface area contributed by atoms with Crippen LogP contribution in [0.5, 0.6) is 0 Å². The van der Waals surface area contributed by atoms with Crippen molar-refractivity contribution >= 4 is 27.5 Å². The summed E-state index contributed by atoms with van der Waals surface area (Å²) in [5.74, 6) is -0.501. The van der Waals surface area contributed by atoms with Crippen LogP contribution in [0.25, 0.3) is 22.8 Å². The summed E-state index contributed by atoms with van der Waals surface area (Å²) in [5.41, 5.74) is 0.865. The van der Waals surface area contributed by atoms with Crippen LogP contribution in [-0.4, -0.2) is 20.6 Å². The van der Waals surface area contributed by atoms with Crippen molar-refractivity contribution in [1.29, 1.82) is 0 Å². The predicted molar refractivity (Wildman–Crippen MR) is 112 cm³/mol. The molecular weight excluding hydrogens is 455 g/mol. The quantitative estimate of drug-likeness (QED) is 0.475. The number of benzene rings is 2. The van der Waals surface area contributed by atoms with Crippen molar-refractivity contribution in [2.24, 2.45) is 0 Å². The summed E-state index contributed by atoms with van der Waals surface area (Å²) in [6.45, 7) is -0.188. The number of halogens is 2. The molecule has 0 spiro atoms. The number of nitrogens with zero attached hydrogens (tertiary/aromatic N) is 3. The molecule has 1 N–H and O–H groups in total. The summed E-state index contributed by atoms with van der Waals surface area (Å²) in [7, 11) is 0. The SMILES string of the molecule is O=C(Cn1cccc(-c2nc(-c3ccc(F)cc3)no2)c1=O)Nc1ccccc1Br. The molecule has 2 heterocycles. The number of hydrogen-bond acceptors (Lipinski definition) is 5. The second kappa shape index (κ2) is 8.42. The fourth-order valence-corrected chi connectivity index (χ4v) is 3.16. The summed E-state index contributed by atoms with van der Waals surface area (Å²) in [4.78, 5) is 29.4. The Morgan fingerprint density at radius 3 is 2.63 bits per heavy atom. The number of amides is 1. The topological polar surface area (TPSA) is 90.0 Å². The van der Waals surface area contributed by atoms with Crippen LogP contribution in [0.2, 0.25) is 0 Å². The summed E-state index contributed by atoms with van der Waals surface area (Å²) < 4.78 is 20.3. The van der Waals surface area contributed by atoms with Gasteiger partial charge in [-0.15, -0.1) is 0 Å². The lowest BCUT2D eigenvalue weighted by atomic mass is 10.2. The Labute approximate surface area is 178 Å². The normalized spacial score (nSPS) is 10.7. The first-order valence-electron chi connectivity index (χ1n) is 8.85. The van der Waals surface area contributed by atoms with E-state index in [4.69, 9.17) is 4.52 Å². The molecule has 150 valence electrons. The molecule has 0 saturated carbocycles. The average molecular weight is 469 g/mol. The Hall–Kier alpha value is -3.59. The van der Waals surface area contributed by atoms with Crippen LogP contribution >= 0.6 is 15.9 Å². The Morgan fingerprint density at radius 1 is 1.10 bits per heavy atom. The van der Waals surface area contributed by atoms with Crippen LogP contribution in [-0.2, 0) is 11.3 Å². The van der Waals surface area contributed by atoms with Gasteiger partial charge in [0.25, 0.3) is 11.4 Å². The number of carbonyl (C=O) groups excluding carboxylic acids is 1. The lowest BCUT2D eigenvalue weighted by Gasteiger charge is -2.09. The van der Waals surface area contributed by atoms with Gasteiger partial charge in [-0.3, -0.25) is 9.59 Å². The number of para-hydroxylation sites is 1. The van der Waals surface area contributed by atoms with E-state index in [9.17, 15) is 14.0 Å². The van der Waals surface area contributed by atoms with Crippen LogP contribution in [0.3, 0.4) is 0 Å². The largest absolute Gasteiger partial charge is 0.333 e. The third-order valence-electron chi connectivity index (χ3n) is 4.24. The number of carbonyl (C=O) groups is 1. The molecule has 2 aromatic heterocycles. The van der Waals surface area contributed by atoms with E-state index in [1.165, 1.54) is 41.1 Å². The fourth-order valence-electron chi connectivity index (χ4n) is 2.78. The van der Waals surface area contributed by atoms with E-state index < -0.39 is 5.56 Å². The maximum atomic E-state index is 13.1. The molecule has 0 bridgehead atoms. The fraction of sp³-hybridized carbons (Fsp3) is 0.0476. The Balaban J connectivity index is 1.56. The lowest BCUT2D eigenvalue weighted by Crippen LogP contribution is -2.28. The summed E-state index contributed by atoms with van der Waals surface area (Å²) in [6, 6.07) is 15.9. The molecule has 0 unspecified atom stereocenters. The predicted octanol–water partition coefficient (Wildman–Crippen LogP) is 4.11. The van der Waals surface area contributed by atoms with E-state index in [0.717, 1.165) is 4.47 Å². The first kappa shape index (κ1) is 19.7. The van der Waals surface area contributed by atoms with Gasteiger partial charge >= 0.3 is 0 Å². The van der Waals surface area contributed by atoms with Gasteiger partial charge in [-0.1, -0.05) is 17.3 Å². The van der Waals surface area contributed by atoms with Crippen molar-refractivity contribution in [3.63, 3.8) is 0 Å². The second-order valence-corrected chi connectivity index (χ2v) is 7.17. The van der Waals surface area contributed by atoms with Gasteiger partial charge < -0.3 is 14.4 Å². The number of rotatable bonds is 5. The number of aromatic nitrogens is 3. The molecule has 4 rings (SSSR count). The molecule has 0 aliphatic carbocycles. The maximum Gasteiger partial charge on any atom is 0.263 e. The minimum Gasteiger partial charge on any atom is -0.333 e. The van der Waals surface area contributed by atoms with Gasteiger partial charge in [0.2, 0.25) is 11.7 Å². The van der Waals surface area contributed by atoms with Crippen molar-refractivity contribution in [3.05, 3.63) is 87.5 Å². The molecule has 1 amide bonds. The van der Waals surface area contributed by atoms with Crippen molar-refractivity contribution in [3.8, 4) is 22.8 Å². The molecule has 4 aromatic rings. The molecular formula is C21H14BrFN4O3. The molecule has 30 heavy (non-hydrogen) atoms. The zero-order chi connectivity index (χ0) is 21.1. The molecule has 0 atom stereocenters. The van der Waals surface area contributed by atoms with E-state index in [1.807, 2.05) is 6.07 Å². The van der Waals surface area contributed by atoms with Gasteiger partial charge in [0.05, 0.1) is 5.69 Å². The Bertz CT molecular complexity index is 1270. The highest BCUT2D eigenvalue weighted by atomic mass is 79.9. The van der Waals surface area contributed by atoms with Gasteiger partial charge in [0.15, 0.2) is 0 Å². The molecule has 2 aromatic carbocycles. The van der Waals surface area contributed by atoms with Gasteiger partial charge in [-0.2, -0.15) is 4.98 Å². The minimum absolute atomic E-state index is 0.0138. The molecule has 0 saturated heterocycles. The zero-order valence-electron chi connectivity index (χ0n) is 15.4. The highest BCUT2D eigenvalue weighted by Gasteiger charge is 2.16. The molecule has 0 aliphatic rings. The highest BCUT2D eigenvalue weighted by Crippen LogP contribution is 2.22. The van der Waals surface area contributed by atoms with Gasteiger partial charge in [-0.25, -0.2) is 4.39 Å². The van der Waals surface area contributed by atoms with Crippen molar-refractivity contribution in [1.82, 2.24) is 14.7 Å². The van der Waals surface area contributed by atoms with Gasteiger partial charge in [-0.05, 0) is 64.5 Å². The molecule has 0 radical (unpaired) electrons. The number of hydrogen-bond donors (Lipinski definition) is 1. The summed E-state index contributed by atoms with van der Waals surface area (Å²) in [5, 5.41) is 6.60. The number of nitrogens with one attached hydrogen (secondary N) is 1. The lowest BCUT2D eigenvalue weighted by molar-refractivity contribution is -0.116. The van der Waals surface area contributed by atoms with E-state index in [2.05, 4.69) is 31.4 Å². The molecule has 9 heteroatoms. The van der Waals surface area contributed by atoms with Crippen LogP contribution in [0.1, 0.15) is 0 Å². The van der Waals surface area contributed by atoms with Gasteiger partial charge in [0.1, 0.15) is 17.9 Å². The number of anilines is 1. The molecule has 0 fully saturated rings. The molecule has 0 aliphatic heterocycles. The maximum absolute atomic E-state index is 13.1. The second-order valence-electron chi connectivity index (χ2n) is 6.31. The van der Waals surface area contributed by atoms with Crippen LogP contribution in [0.15, 0.2) is 80.7 Å². The van der Waals surface area contributed by atoms with Crippen molar-refractivity contribution in [2.45, 2.75) is 6.54 Å².